The molecule has 0 aliphatic carbocycles. The van der Waals surface area contributed by atoms with Gasteiger partial charge in [-0.15, -0.1) is 11.8 Å². The minimum absolute atomic E-state index is 0.180. The lowest BCUT2D eigenvalue weighted by Gasteiger charge is -2.07. The molecule has 1 N–H and O–H groups in total. The number of thioether (sulfide) groups is 1. The van der Waals surface area contributed by atoms with Crippen molar-refractivity contribution in [2.75, 3.05) is 11.6 Å². The maximum Gasteiger partial charge on any atom is 0.273 e. The van der Waals surface area contributed by atoms with Crippen LogP contribution in [0.15, 0.2) is 64.6 Å². The van der Waals surface area contributed by atoms with E-state index in [1.807, 2.05) is 60.9 Å². The fourth-order valence-electron chi connectivity index (χ4n) is 2.24. The second-order valence-electron chi connectivity index (χ2n) is 4.93. The van der Waals surface area contributed by atoms with Gasteiger partial charge in [-0.3, -0.25) is 4.79 Å². The monoisotopic (exact) mass is 312 g/mol. The summed E-state index contributed by atoms with van der Waals surface area (Å²) in [6, 6.07) is 17.5. The molecule has 0 fully saturated rings. The van der Waals surface area contributed by atoms with Crippen molar-refractivity contribution >= 4 is 29.1 Å². The number of nitrogens with one attached hydrogen (secondary N) is 1. The maximum absolute atomic E-state index is 12.2. The molecule has 1 amide bonds. The van der Waals surface area contributed by atoms with Crippen LogP contribution in [0.1, 0.15) is 18.1 Å². The van der Waals surface area contributed by atoms with Gasteiger partial charge in [0.25, 0.3) is 5.91 Å². The highest BCUT2D eigenvalue weighted by Crippen LogP contribution is 2.27. The van der Waals surface area contributed by atoms with Crippen molar-refractivity contribution < 1.29 is 9.63 Å². The summed E-state index contributed by atoms with van der Waals surface area (Å²) in [4.78, 5) is 18.7. The predicted molar refractivity (Wildman–Crippen MR) is 89.2 cm³/mol. The molecule has 112 valence electrons. The first-order valence-corrected chi connectivity index (χ1v) is 8.22. The van der Waals surface area contributed by atoms with Crippen LogP contribution in [0.25, 0.3) is 0 Å². The topological polar surface area (TPSA) is 50.7 Å². The van der Waals surface area contributed by atoms with Crippen LogP contribution < -0.4 is 5.32 Å². The van der Waals surface area contributed by atoms with Gasteiger partial charge in [-0.2, -0.15) is 0 Å². The summed E-state index contributed by atoms with van der Waals surface area (Å²) >= 11 is 1.66. The number of carbonyl (C=O) groups is 1. The zero-order valence-corrected chi connectivity index (χ0v) is 13.0. The van der Waals surface area contributed by atoms with Crippen LogP contribution in [-0.4, -0.2) is 17.9 Å². The number of carbonyl (C=O) groups excluding carboxylic acids is 1. The van der Waals surface area contributed by atoms with Gasteiger partial charge < -0.3 is 10.2 Å². The van der Waals surface area contributed by atoms with Crippen LogP contribution in [0, 0.1) is 0 Å². The van der Waals surface area contributed by atoms with E-state index in [0.29, 0.717) is 12.1 Å². The first-order valence-electron chi connectivity index (χ1n) is 6.99. The van der Waals surface area contributed by atoms with E-state index in [0.717, 1.165) is 16.1 Å². The Morgan fingerprint density at radius 1 is 1.18 bits per heavy atom. The number of anilines is 1. The molecule has 1 aliphatic heterocycles. The molecule has 22 heavy (non-hydrogen) atoms. The third-order valence-electron chi connectivity index (χ3n) is 3.45. The molecule has 3 rings (SSSR count). The molecular formula is C17H16N2O2S. The standard InChI is InChI=1S/C17H16N2O2S/c1-22-14-9-7-13(8-10-14)18-17(20)15-11-16(21-19-15)12-5-3-2-4-6-12/h2-10,16H,11H2,1H3,(H,18,20). The van der Waals surface area contributed by atoms with E-state index in [4.69, 9.17) is 4.84 Å². The van der Waals surface area contributed by atoms with Gasteiger partial charge >= 0.3 is 0 Å². The van der Waals surface area contributed by atoms with Gasteiger partial charge in [-0.25, -0.2) is 0 Å². The largest absolute Gasteiger partial charge is 0.387 e. The van der Waals surface area contributed by atoms with Crippen molar-refractivity contribution in [1.29, 1.82) is 0 Å². The third kappa shape index (κ3) is 3.31. The first-order chi connectivity index (χ1) is 10.8. The zero-order valence-electron chi connectivity index (χ0n) is 12.2. The molecule has 1 aliphatic rings. The molecule has 2 aromatic carbocycles. The van der Waals surface area contributed by atoms with Crippen LogP contribution in [0.2, 0.25) is 0 Å². The van der Waals surface area contributed by atoms with Gasteiger partial charge in [0.15, 0.2) is 6.10 Å². The van der Waals surface area contributed by atoms with Crippen LogP contribution >= 0.6 is 11.8 Å². The molecule has 5 heteroatoms. The lowest BCUT2D eigenvalue weighted by molar-refractivity contribution is -0.110. The van der Waals surface area contributed by atoms with Crippen molar-refractivity contribution in [2.24, 2.45) is 5.16 Å². The Kier molecular flexibility index (Phi) is 4.44. The van der Waals surface area contributed by atoms with E-state index < -0.39 is 0 Å². The Bertz CT molecular complexity index is 684. The minimum atomic E-state index is -0.213. The number of hydrogen-bond donors (Lipinski definition) is 1. The fourth-order valence-corrected chi connectivity index (χ4v) is 2.64. The summed E-state index contributed by atoms with van der Waals surface area (Å²) < 4.78 is 0. The minimum Gasteiger partial charge on any atom is -0.387 e. The van der Waals surface area contributed by atoms with Crippen LogP contribution in [0.5, 0.6) is 0 Å². The number of hydrogen-bond acceptors (Lipinski definition) is 4. The second kappa shape index (κ2) is 6.66. The van der Waals surface area contributed by atoms with Crippen LogP contribution in [-0.2, 0) is 9.63 Å². The SMILES string of the molecule is CSc1ccc(NC(=O)C2=NOC(c3ccccc3)C2)cc1. The molecule has 2 aromatic rings. The van der Waals surface area contributed by atoms with Crippen molar-refractivity contribution in [3.63, 3.8) is 0 Å². The normalized spacial score (nSPS) is 16.8. The number of nitrogens with zero attached hydrogens (tertiary/aromatic N) is 1. The van der Waals surface area contributed by atoms with E-state index >= 15 is 0 Å². The Morgan fingerprint density at radius 2 is 1.91 bits per heavy atom. The number of benzene rings is 2. The fraction of sp³-hybridized carbons (Fsp3) is 0.176. The molecule has 0 aromatic heterocycles. The van der Waals surface area contributed by atoms with Gasteiger partial charge in [0.05, 0.1) is 0 Å². The quantitative estimate of drug-likeness (QED) is 0.872. The van der Waals surface area contributed by atoms with Gasteiger partial charge in [0.1, 0.15) is 5.71 Å². The molecule has 0 bridgehead atoms. The highest BCUT2D eigenvalue weighted by molar-refractivity contribution is 7.98. The first kappa shape index (κ1) is 14.7. The summed E-state index contributed by atoms with van der Waals surface area (Å²) in [7, 11) is 0. The van der Waals surface area contributed by atoms with Gasteiger partial charge in [0, 0.05) is 17.0 Å². The molecule has 0 saturated heterocycles. The molecule has 1 atom stereocenters. The number of oxime groups is 1. The molecular weight excluding hydrogens is 296 g/mol. The Labute approximate surface area is 133 Å². The van der Waals surface area contributed by atoms with Gasteiger partial charge in [-0.05, 0) is 36.1 Å². The van der Waals surface area contributed by atoms with E-state index in [2.05, 4.69) is 10.5 Å². The summed E-state index contributed by atoms with van der Waals surface area (Å²) in [5.74, 6) is -0.213. The van der Waals surface area contributed by atoms with E-state index in [1.54, 1.807) is 11.8 Å². The average molecular weight is 312 g/mol. The number of rotatable bonds is 4. The molecule has 0 radical (unpaired) electrons. The van der Waals surface area contributed by atoms with Crippen molar-refractivity contribution in [3.05, 3.63) is 60.2 Å². The van der Waals surface area contributed by atoms with E-state index in [-0.39, 0.29) is 12.0 Å². The highest BCUT2D eigenvalue weighted by atomic mass is 32.2. The second-order valence-corrected chi connectivity index (χ2v) is 5.81. The van der Waals surface area contributed by atoms with Crippen LogP contribution in [0.4, 0.5) is 5.69 Å². The van der Waals surface area contributed by atoms with E-state index in [9.17, 15) is 4.79 Å². The highest BCUT2D eigenvalue weighted by Gasteiger charge is 2.27. The van der Waals surface area contributed by atoms with E-state index in [1.165, 1.54) is 0 Å². The van der Waals surface area contributed by atoms with Gasteiger partial charge in [-0.1, -0.05) is 35.5 Å². The summed E-state index contributed by atoms with van der Waals surface area (Å²) in [6.45, 7) is 0. The molecule has 4 nitrogen and oxygen atoms in total. The summed E-state index contributed by atoms with van der Waals surface area (Å²) in [6.07, 6.45) is 2.32. The average Bonchev–Trinajstić information content (AvgIpc) is 3.06. The molecule has 1 heterocycles. The summed E-state index contributed by atoms with van der Waals surface area (Å²) in [5, 5.41) is 6.77. The lowest BCUT2D eigenvalue weighted by Crippen LogP contribution is -2.21. The van der Waals surface area contributed by atoms with Gasteiger partial charge in [0.2, 0.25) is 0 Å². The Hall–Kier alpha value is -2.27. The lowest BCUT2D eigenvalue weighted by atomic mass is 10.0. The van der Waals surface area contributed by atoms with Crippen molar-refractivity contribution in [3.8, 4) is 0 Å². The summed E-state index contributed by atoms with van der Waals surface area (Å²) in [5.41, 5.74) is 2.20. The number of amides is 1. The van der Waals surface area contributed by atoms with Crippen molar-refractivity contribution in [1.82, 2.24) is 0 Å². The maximum atomic E-state index is 12.2. The van der Waals surface area contributed by atoms with Crippen LogP contribution in [0.3, 0.4) is 0 Å². The Morgan fingerprint density at radius 3 is 2.59 bits per heavy atom. The zero-order chi connectivity index (χ0) is 15.4. The molecule has 1 unspecified atom stereocenters. The molecule has 0 spiro atoms. The molecule has 0 saturated carbocycles. The third-order valence-corrected chi connectivity index (χ3v) is 4.19. The van der Waals surface area contributed by atoms with Crippen molar-refractivity contribution in [2.45, 2.75) is 17.4 Å². The predicted octanol–water partition coefficient (Wildman–Crippen LogP) is 3.86. The Balaban J connectivity index is 1.61. The smallest absolute Gasteiger partial charge is 0.273 e.